The van der Waals surface area contributed by atoms with Crippen molar-refractivity contribution in [3.63, 3.8) is 0 Å². The van der Waals surface area contributed by atoms with E-state index in [1.807, 2.05) is 30.3 Å². The summed E-state index contributed by atoms with van der Waals surface area (Å²) in [5.74, 6) is 1.39. The van der Waals surface area contributed by atoms with Gasteiger partial charge in [-0.3, -0.25) is 14.7 Å². The molecule has 132 valence electrons. The van der Waals surface area contributed by atoms with Crippen molar-refractivity contribution in [2.45, 2.75) is 31.8 Å². The van der Waals surface area contributed by atoms with E-state index in [2.05, 4.69) is 34.3 Å². The summed E-state index contributed by atoms with van der Waals surface area (Å²) in [6, 6.07) is 14.4. The van der Waals surface area contributed by atoms with Crippen LogP contribution in [-0.4, -0.2) is 42.0 Å². The molecule has 1 N–H and O–H groups in total. The molecule has 2 aromatic rings. The highest BCUT2D eigenvalue weighted by Gasteiger charge is 2.31. The number of aromatic nitrogens is 1. The molecule has 0 saturated carbocycles. The van der Waals surface area contributed by atoms with Crippen LogP contribution >= 0.6 is 0 Å². The van der Waals surface area contributed by atoms with Gasteiger partial charge in [0, 0.05) is 18.8 Å². The zero-order valence-electron chi connectivity index (χ0n) is 14.8. The van der Waals surface area contributed by atoms with E-state index in [1.165, 1.54) is 5.56 Å². The lowest BCUT2D eigenvalue weighted by Crippen LogP contribution is -2.38. The Morgan fingerprint density at radius 2 is 2.08 bits per heavy atom. The van der Waals surface area contributed by atoms with Crippen LogP contribution in [0.25, 0.3) is 0 Å². The summed E-state index contributed by atoms with van der Waals surface area (Å²) in [5, 5.41) is 2.96. The number of likely N-dealkylation sites (tertiary alicyclic amines) is 1. The summed E-state index contributed by atoms with van der Waals surface area (Å²) in [5.41, 5.74) is 2.19. The van der Waals surface area contributed by atoms with E-state index >= 15 is 0 Å². The number of rotatable bonds is 6. The van der Waals surface area contributed by atoms with Crippen molar-refractivity contribution >= 4 is 5.91 Å². The fourth-order valence-corrected chi connectivity index (χ4v) is 3.37. The Balaban J connectivity index is 1.51. The lowest BCUT2D eigenvalue weighted by atomic mass is 9.97. The normalized spacial score (nSPS) is 20.4. The Hall–Kier alpha value is -2.40. The highest BCUT2D eigenvalue weighted by Crippen LogP contribution is 2.32. The summed E-state index contributed by atoms with van der Waals surface area (Å²) < 4.78 is 5.22. The van der Waals surface area contributed by atoms with E-state index in [-0.39, 0.29) is 5.91 Å². The summed E-state index contributed by atoms with van der Waals surface area (Å²) in [4.78, 5) is 18.7. The van der Waals surface area contributed by atoms with Crippen molar-refractivity contribution < 1.29 is 9.53 Å². The molecule has 5 heteroatoms. The molecule has 2 atom stereocenters. The summed E-state index contributed by atoms with van der Waals surface area (Å²) in [7, 11) is 1.68. The molecule has 1 amide bonds. The fourth-order valence-electron chi connectivity index (χ4n) is 3.37. The predicted octanol–water partition coefficient (Wildman–Crippen LogP) is 2.58. The third-order valence-corrected chi connectivity index (χ3v) is 4.83. The predicted molar refractivity (Wildman–Crippen MR) is 97.5 cm³/mol. The highest BCUT2D eigenvalue weighted by molar-refractivity contribution is 5.78. The lowest BCUT2D eigenvalue weighted by Gasteiger charge is -2.20. The Kier molecular flexibility index (Phi) is 5.66. The van der Waals surface area contributed by atoms with Crippen LogP contribution in [0, 0.1) is 0 Å². The van der Waals surface area contributed by atoms with Gasteiger partial charge in [0.1, 0.15) is 5.75 Å². The molecule has 0 spiro atoms. The van der Waals surface area contributed by atoms with Crippen molar-refractivity contribution in [1.82, 2.24) is 15.2 Å². The average molecular weight is 339 g/mol. The van der Waals surface area contributed by atoms with Gasteiger partial charge in [-0.1, -0.05) is 18.2 Å². The van der Waals surface area contributed by atoms with Crippen LogP contribution in [0.4, 0.5) is 0 Å². The molecule has 25 heavy (non-hydrogen) atoms. The Labute approximate surface area is 149 Å². The third kappa shape index (κ3) is 4.57. The van der Waals surface area contributed by atoms with E-state index in [9.17, 15) is 4.79 Å². The van der Waals surface area contributed by atoms with Crippen LogP contribution in [0.3, 0.4) is 0 Å². The first-order chi connectivity index (χ1) is 12.2. The fraction of sp³-hybridized carbons (Fsp3) is 0.400. The Morgan fingerprint density at radius 3 is 2.76 bits per heavy atom. The molecule has 0 aliphatic carbocycles. The Morgan fingerprint density at radius 1 is 1.28 bits per heavy atom. The first kappa shape index (κ1) is 17.4. The van der Waals surface area contributed by atoms with Crippen molar-refractivity contribution in [3.8, 4) is 5.75 Å². The molecule has 1 aliphatic heterocycles. The van der Waals surface area contributed by atoms with Crippen LogP contribution in [0.2, 0.25) is 0 Å². The maximum Gasteiger partial charge on any atom is 0.234 e. The molecule has 1 saturated heterocycles. The standard InChI is InChI=1S/C20H25N3O2/c1-15-11-17(16-6-8-19(25-2)9-7-16)13-23(15)14-20(24)22-12-18-5-3-4-10-21-18/h3-10,15,17H,11-14H2,1-2H3,(H,22,24). The van der Waals surface area contributed by atoms with Crippen molar-refractivity contribution in [1.29, 1.82) is 0 Å². The topological polar surface area (TPSA) is 54.5 Å². The van der Waals surface area contributed by atoms with Crippen LogP contribution in [0.15, 0.2) is 48.7 Å². The van der Waals surface area contributed by atoms with E-state index in [0.717, 1.165) is 24.4 Å². The van der Waals surface area contributed by atoms with Crippen LogP contribution in [0.5, 0.6) is 5.75 Å². The second kappa shape index (κ2) is 8.12. The van der Waals surface area contributed by atoms with Gasteiger partial charge >= 0.3 is 0 Å². The Bertz CT molecular complexity index is 688. The second-order valence-corrected chi connectivity index (χ2v) is 6.58. The van der Waals surface area contributed by atoms with Crippen LogP contribution < -0.4 is 10.1 Å². The van der Waals surface area contributed by atoms with Gasteiger partial charge in [0.15, 0.2) is 0 Å². The van der Waals surface area contributed by atoms with Gasteiger partial charge in [0.05, 0.1) is 25.9 Å². The first-order valence-corrected chi connectivity index (χ1v) is 8.70. The number of nitrogens with one attached hydrogen (secondary N) is 1. The number of ether oxygens (including phenoxy) is 1. The number of benzene rings is 1. The van der Waals surface area contributed by atoms with Crippen LogP contribution in [-0.2, 0) is 11.3 Å². The van der Waals surface area contributed by atoms with Gasteiger partial charge in [0.2, 0.25) is 5.91 Å². The van der Waals surface area contributed by atoms with Gasteiger partial charge < -0.3 is 10.1 Å². The molecule has 1 aromatic heterocycles. The first-order valence-electron chi connectivity index (χ1n) is 8.70. The zero-order valence-corrected chi connectivity index (χ0v) is 14.8. The number of amides is 1. The molecule has 2 heterocycles. The van der Waals surface area contributed by atoms with Gasteiger partial charge in [-0.15, -0.1) is 0 Å². The van der Waals surface area contributed by atoms with Gasteiger partial charge in [-0.2, -0.15) is 0 Å². The lowest BCUT2D eigenvalue weighted by molar-refractivity contribution is -0.122. The highest BCUT2D eigenvalue weighted by atomic mass is 16.5. The molecular weight excluding hydrogens is 314 g/mol. The molecule has 2 unspecified atom stereocenters. The minimum absolute atomic E-state index is 0.0490. The maximum atomic E-state index is 12.2. The van der Waals surface area contributed by atoms with E-state index in [4.69, 9.17) is 4.74 Å². The third-order valence-electron chi connectivity index (χ3n) is 4.83. The van der Waals surface area contributed by atoms with Gasteiger partial charge in [-0.05, 0) is 49.1 Å². The number of hydrogen-bond donors (Lipinski definition) is 1. The van der Waals surface area contributed by atoms with Crippen molar-refractivity contribution in [2.75, 3.05) is 20.2 Å². The average Bonchev–Trinajstić information content (AvgIpc) is 3.01. The number of carbonyl (C=O) groups excluding carboxylic acids is 1. The molecule has 0 radical (unpaired) electrons. The maximum absolute atomic E-state index is 12.2. The number of carbonyl (C=O) groups is 1. The van der Waals surface area contributed by atoms with E-state index in [0.29, 0.717) is 25.0 Å². The number of pyridine rings is 1. The number of nitrogens with zero attached hydrogens (tertiary/aromatic N) is 2. The molecule has 1 fully saturated rings. The molecule has 1 aliphatic rings. The molecular formula is C20H25N3O2. The zero-order chi connectivity index (χ0) is 17.6. The molecule has 1 aromatic carbocycles. The number of hydrogen-bond acceptors (Lipinski definition) is 4. The van der Waals surface area contributed by atoms with E-state index in [1.54, 1.807) is 13.3 Å². The van der Waals surface area contributed by atoms with Gasteiger partial charge in [-0.25, -0.2) is 0 Å². The van der Waals surface area contributed by atoms with Crippen molar-refractivity contribution in [2.24, 2.45) is 0 Å². The van der Waals surface area contributed by atoms with Crippen LogP contribution in [0.1, 0.15) is 30.5 Å². The van der Waals surface area contributed by atoms with Gasteiger partial charge in [0.25, 0.3) is 0 Å². The molecule has 3 rings (SSSR count). The quantitative estimate of drug-likeness (QED) is 0.879. The second-order valence-electron chi connectivity index (χ2n) is 6.58. The number of methoxy groups -OCH3 is 1. The largest absolute Gasteiger partial charge is 0.497 e. The molecule has 0 bridgehead atoms. The molecule has 5 nitrogen and oxygen atoms in total. The summed E-state index contributed by atoms with van der Waals surface area (Å²) in [6.07, 6.45) is 2.81. The van der Waals surface area contributed by atoms with Crippen molar-refractivity contribution in [3.05, 3.63) is 59.9 Å². The monoisotopic (exact) mass is 339 g/mol. The summed E-state index contributed by atoms with van der Waals surface area (Å²) >= 11 is 0. The minimum atomic E-state index is 0.0490. The summed E-state index contributed by atoms with van der Waals surface area (Å²) in [6.45, 7) is 4.00. The SMILES string of the molecule is COc1ccc(C2CC(C)N(CC(=O)NCc3ccccn3)C2)cc1. The smallest absolute Gasteiger partial charge is 0.234 e. The minimum Gasteiger partial charge on any atom is -0.497 e. The van der Waals surface area contributed by atoms with E-state index < -0.39 is 0 Å².